The van der Waals surface area contributed by atoms with Gasteiger partial charge in [0.2, 0.25) is 7.37 Å². The van der Waals surface area contributed by atoms with Crippen LogP contribution in [0.5, 0.6) is 0 Å². The van der Waals surface area contributed by atoms with Gasteiger partial charge >= 0.3 is 0 Å². The van der Waals surface area contributed by atoms with Crippen molar-refractivity contribution < 1.29 is 137 Å². The van der Waals surface area contributed by atoms with Crippen LogP contribution in [0.15, 0.2) is 0 Å². The molecule has 0 spiro atoms. The molecular formula is C71H153NO27PS+. The number of Topliss-reactive ketones (excluding diaryl/α,β-unsaturated/α-hetero) is 2. The third-order valence-electron chi connectivity index (χ3n) is 18.2. The monoisotopic (exact) mass is 1520 g/mol. The maximum atomic E-state index is 11.2. The molecule has 4 aliphatic rings. The first-order valence-corrected chi connectivity index (χ1v) is 39.3. The zero-order chi connectivity index (χ0) is 81.6. The Balaban J connectivity index is -0.000000253. The number of hydrogen-bond donors (Lipinski definition) is 16. The number of aliphatic hydroxyl groups excluding tert-OH is 16. The van der Waals surface area contributed by atoms with Gasteiger partial charge in [0.15, 0.2) is 18.4 Å². The molecule has 0 bridgehead atoms. The molecule has 101 heavy (non-hydrogen) atoms. The van der Waals surface area contributed by atoms with Gasteiger partial charge in [-0.1, -0.05) is 125 Å². The molecule has 4 aliphatic heterocycles. The highest BCUT2D eigenvalue weighted by Gasteiger charge is 2.48. The molecule has 23 atom stereocenters. The van der Waals surface area contributed by atoms with Gasteiger partial charge in [-0.05, 0) is 95.3 Å². The largest absolute Gasteiger partial charge is 0.396 e. The molecule has 16 N–H and O–H groups in total. The fraction of sp³-hybridized carbons (Fsp3) is 0.958. The van der Waals surface area contributed by atoms with Crippen molar-refractivity contribution in [2.75, 3.05) is 75.6 Å². The molecule has 23 unspecified atom stereocenters. The maximum Gasteiger partial charge on any atom is 0.202 e. The molecule has 0 radical (unpaired) electrons. The fourth-order valence-electron chi connectivity index (χ4n) is 8.22. The number of quaternary nitrogens is 1. The Morgan fingerprint density at radius 2 is 0.881 bits per heavy atom. The summed E-state index contributed by atoms with van der Waals surface area (Å²) >= 11 is 0. The summed E-state index contributed by atoms with van der Waals surface area (Å²) in [4.78, 5) is 21.3. The highest BCUT2D eigenvalue weighted by Crippen LogP contribution is 2.46. The molecule has 30 heteroatoms. The van der Waals surface area contributed by atoms with Crippen LogP contribution in [0, 0.1) is 59.2 Å². The molecule has 0 amide bonds. The maximum absolute atomic E-state index is 11.2. The summed E-state index contributed by atoms with van der Waals surface area (Å²) in [6, 6.07) is 0.736. The van der Waals surface area contributed by atoms with Crippen molar-refractivity contribution in [3.8, 4) is 0 Å². The number of carbonyl (C=O) groups excluding carboxylic acids is 2. The van der Waals surface area contributed by atoms with Crippen LogP contribution in [0.2, 0.25) is 0 Å². The lowest BCUT2D eigenvalue weighted by atomic mass is 9.83. The Hall–Kier alpha value is -1.37. The summed E-state index contributed by atoms with van der Waals surface area (Å²) < 4.78 is 58.4. The summed E-state index contributed by atoms with van der Waals surface area (Å²) in [6.45, 7) is 47.3. The molecule has 4 fully saturated rings. The van der Waals surface area contributed by atoms with Crippen LogP contribution < -0.4 is 0 Å². The minimum Gasteiger partial charge on any atom is -0.396 e. The number of methoxy groups -OCH3 is 1. The molecule has 0 aromatic carbocycles. The number of carbonyl (C=O) groups is 2. The van der Waals surface area contributed by atoms with Crippen molar-refractivity contribution in [2.24, 2.45) is 59.2 Å². The molecule has 0 aromatic heterocycles. The van der Waals surface area contributed by atoms with Crippen LogP contribution in [0.25, 0.3) is 0 Å². The number of nitrogens with zero attached hydrogens (tertiary/aromatic N) is 1. The average molecular weight is 1520 g/mol. The first kappa shape index (κ1) is 111. The minimum atomic E-state index is -2.25. The predicted molar refractivity (Wildman–Crippen MR) is 396 cm³/mol. The van der Waals surface area contributed by atoms with E-state index in [2.05, 4.69) is 58.9 Å². The minimum absolute atomic E-state index is 0.00528. The number of hydrogen-bond acceptors (Lipinski definition) is 27. The quantitative estimate of drug-likeness (QED) is 0.0501. The zero-order valence-electron chi connectivity index (χ0n) is 67.7. The lowest BCUT2D eigenvalue weighted by Crippen LogP contribution is -2.60. The topological polar surface area (TPSA) is 457 Å². The van der Waals surface area contributed by atoms with E-state index in [1.165, 1.54) is 28.3 Å². The summed E-state index contributed by atoms with van der Waals surface area (Å²) in [5, 5.41) is 149. The smallest absolute Gasteiger partial charge is 0.202 e. The van der Waals surface area contributed by atoms with Gasteiger partial charge in [-0.25, -0.2) is 4.21 Å². The summed E-state index contributed by atoms with van der Waals surface area (Å²) in [6.07, 6.45) is -17.9. The van der Waals surface area contributed by atoms with Crippen molar-refractivity contribution in [3.05, 3.63) is 0 Å². The number of rotatable bonds is 19. The third-order valence-corrected chi connectivity index (χ3v) is 22.8. The van der Waals surface area contributed by atoms with Crippen molar-refractivity contribution in [1.82, 2.24) is 0 Å². The third kappa shape index (κ3) is 42.8. The van der Waals surface area contributed by atoms with E-state index in [1.54, 1.807) is 13.6 Å². The van der Waals surface area contributed by atoms with Crippen LogP contribution in [0.4, 0.5) is 0 Å². The second-order valence-corrected chi connectivity index (χ2v) is 36.2. The molecule has 28 nitrogen and oxygen atoms in total. The van der Waals surface area contributed by atoms with Crippen molar-refractivity contribution in [3.63, 3.8) is 0 Å². The molecule has 0 aromatic rings. The zero-order valence-corrected chi connectivity index (χ0v) is 69.4. The standard InChI is InChI=1S/C10H18O5.C10H20O4.2C9H18O5.C6H16N.C6H14O2.C6H14O.C5H13O2P.C5H12O2S.C5H10O/c1-4(2)9-7(13)6(12)8(14)10(15-9)5(3)11;1-4-6-7(11)8(12)9(13)10(14-6)5(2)3;1-4(2)8-6(11)5(10)7(12)9(13-3)14-8;1-4(2)6-8(12)7(11)5(3-10)14-9(6)13;1-6(2)7(3,4)5;1-5(2)6(3-7)4-8;1-5(2)6(3)4-7;2*1-5(2)8(4,6)7-3;1-4(2)5(3)6/h4,6-10,12-14H,1-3H3;5-13H,4H2,1-3H3;4-12H,1-3H3;4-13H,3H2,1-2H3;6H,1-5H3;5-8H,3-4H2,1-2H3;5-7H,4H2,1-3H3;5H,1-4H3;5H,4H2,1-3H3;4H,1-3H3/q;;;;+1;;;;;. The second-order valence-electron chi connectivity index (χ2n) is 30.4. The van der Waals surface area contributed by atoms with Gasteiger partial charge in [0.1, 0.15) is 79.0 Å². The van der Waals surface area contributed by atoms with Gasteiger partial charge in [0.05, 0.1) is 81.2 Å². The van der Waals surface area contributed by atoms with Crippen LogP contribution in [0.3, 0.4) is 0 Å². The Bertz CT molecular complexity index is 2170. The lowest BCUT2D eigenvalue weighted by molar-refractivity contribution is -0.891. The van der Waals surface area contributed by atoms with Crippen LogP contribution in [0.1, 0.15) is 173 Å². The molecule has 4 saturated heterocycles. The van der Waals surface area contributed by atoms with Crippen molar-refractivity contribution in [2.45, 2.75) is 306 Å². The molecule has 0 saturated carbocycles. The Labute approximate surface area is 609 Å². The summed E-state index contributed by atoms with van der Waals surface area (Å²) in [5.74, 6) is 4.64. The van der Waals surface area contributed by atoms with E-state index in [1.807, 2.05) is 125 Å². The van der Waals surface area contributed by atoms with E-state index in [0.717, 1.165) is 10.5 Å². The Morgan fingerprint density at radius 3 is 1.10 bits per heavy atom. The highest BCUT2D eigenvalue weighted by atomic mass is 32.2. The number of aliphatic hydroxyl groups is 16. The number of ether oxygens (including phenoxy) is 5. The number of ketones is 2. The predicted octanol–water partition coefficient (Wildman–Crippen LogP) is 3.24. The van der Waals surface area contributed by atoms with Crippen LogP contribution >= 0.6 is 7.37 Å². The van der Waals surface area contributed by atoms with E-state index in [0.29, 0.717) is 30.8 Å². The van der Waals surface area contributed by atoms with Crippen molar-refractivity contribution >= 4 is 34.6 Å². The molecule has 0 aliphatic carbocycles. The Kier molecular flexibility index (Phi) is 60.3. The van der Waals surface area contributed by atoms with Gasteiger partial charge in [-0.2, -0.15) is 0 Å². The van der Waals surface area contributed by atoms with Gasteiger partial charge in [0, 0.05) is 69.4 Å². The van der Waals surface area contributed by atoms with Gasteiger partial charge < -0.3 is 119 Å². The normalized spacial score (nSPS) is 31.0. The fourth-order valence-corrected chi connectivity index (χ4v) is 9.02. The average Bonchev–Trinajstić information content (AvgIpc) is 0.829. The van der Waals surface area contributed by atoms with E-state index < -0.39 is 140 Å². The van der Waals surface area contributed by atoms with Crippen molar-refractivity contribution in [1.29, 1.82) is 0 Å². The van der Waals surface area contributed by atoms with E-state index in [-0.39, 0.29) is 77.3 Å². The first-order chi connectivity index (χ1) is 45.8. The highest BCUT2D eigenvalue weighted by molar-refractivity contribution is 7.96. The van der Waals surface area contributed by atoms with Gasteiger partial charge in [0.25, 0.3) is 0 Å². The molecule has 4 rings (SSSR count). The van der Waals surface area contributed by atoms with E-state index in [4.69, 9.17) is 48.6 Å². The summed E-state index contributed by atoms with van der Waals surface area (Å²) in [5.41, 5.74) is 0.146. The van der Waals surface area contributed by atoms with E-state index in [9.17, 15) is 79.6 Å². The molecule has 4 heterocycles. The molecule has 614 valence electrons. The summed E-state index contributed by atoms with van der Waals surface area (Å²) in [7, 11) is 6.40. The van der Waals surface area contributed by atoms with Gasteiger partial charge in [-0.15, -0.1) is 0 Å². The molecular weight excluding hydrogens is 1360 g/mol. The first-order valence-electron chi connectivity index (χ1n) is 35.4. The van der Waals surface area contributed by atoms with Crippen LogP contribution in [-0.4, -0.2) is 317 Å². The lowest BCUT2D eigenvalue weighted by Gasteiger charge is -2.42. The second kappa shape index (κ2) is 55.1. The van der Waals surface area contributed by atoms with E-state index >= 15 is 0 Å². The van der Waals surface area contributed by atoms with Gasteiger partial charge in [-0.3, -0.25) is 14.2 Å². The Morgan fingerprint density at radius 1 is 0.515 bits per heavy atom. The SMILES string of the molecule is C=S(=O)(OC)C(C)C.CC(=O)C(C)C.CC(=O)C1OC(C(C)C)C(O)C(O)C1O.CC(C)C(C)CO.CC(C)C(CO)CO.CC(C)C1C(O)OC(CO)C(O)C1O.CC(C)[N+](C)(C)C.CCC1OC(C(C)C)C(O)C(O)C1O.COC1OC(C(C)C)C(O)C(O)C1O.COP(C)(=O)C(C)C. The van der Waals surface area contributed by atoms with Crippen LogP contribution in [-0.2, 0) is 56.3 Å².